The van der Waals surface area contributed by atoms with Crippen LogP contribution in [-0.4, -0.2) is 53.1 Å². The number of alkyl halides is 3. The third kappa shape index (κ3) is 9.50. The predicted molar refractivity (Wildman–Crippen MR) is 229 cm³/mol. The van der Waals surface area contributed by atoms with Gasteiger partial charge in [0.05, 0.1) is 36.5 Å². The Morgan fingerprint density at radius 1 is 0.855 bits per heavy atom. The fourth-order valence-corrected chi connectivity index (χ4v) is 7.79. The van der Waals surface area contributed by atoms with Crippen LogP contribution in [0.1, 0.15) is 69.0 Å². The molecule has 1 N–H and O–H groups in total. The number of aryl methyl sites for hydroxylation is 1. The number of benzene rings is 5. The summed E-state index contributed by atoms with van der Waals surface area (Å²) < 4.78 is 59.4. The van der Waals surface area contributed by atoms with Crippen LogP contribution in [0.2, 0.25) is 0 Å². The number of nitrogens with zero attached hydrogens (tertiary/aromatic N) is 2. The van der Waals surface area contributed by atoms with Crippen molar-refractivity contribution in [2.24, 2.45) is 0 Å². The molecule has 1 aliphatic heterocycles. The van der Waals surface area contributed by atoms with E-state index >= 15 is 9.59 Å². The van der Waals surface area contributed by atoms with Crippen LogP contribution in [0.3, 0.4) is 0 Å². The van der Waals surface area contributed by atoms with E-state index in [4.69, 9.17) is 13.9 Å². The quantitative estimate of drug-likeness (QED) is 0.0623. The van der Waals surface area contributed by atoms with Gasteiger partial charge in [0, 0.05) is 48.6 Å². The van der Waals surface area contributed by atoms with Crippen LogP contribution < -0.4 is 9.64 Å². The number of hydrogen-bond acceptors (Lipinski definition) is 7. The monoisotopic (exact) mass is 842 g/mol. The molecule has 62 heavy (non-hydrogen) atoms. The number of esters is 1. The van der Waals surface area contributed by atoms with Crippen molar-refractivity contribution in [3.8, 4) is 28.2 Å². The number of fused-ring (bicyclic) bond motifs is 1. The van der Waals surface area contributed by atoms with Gasteiger partial charge in [-0.1, -0.05) is 78.4 Å². The van der Waals surface area contributed by atoms with Crippen LogP contribution >= 0.6 is 0 Å². The summed E-state index contributed by atoms with van der Waals surface area (Å²) >= 11 is 0. The van der Waals surface area contributed by atoms with E-state index in [1.165, 1.54) is 24.0 Å². The molecule has 2 heterocycles. The Hall–Kier alpha value is -6.92. The van der Waals surface area contributed by atoms with Crippen molar-refractivity contribution >= 4 is 23.5 Å². The van der Waals surface area contributed by atoms with Gasteiger partial charge >= 0.3 is 12.1 Å². The number of furan rings is 1. The Kier molecular flexibility index (Phi) is 13.1. The molecule has 1 aromatic heterocycles. The largest absolute Gasteiger partial charge is 0.493 e. The summed E-state index contributed by atoms with van der Waals surface area (Å²) in [6.45, 7) is 6.96. The average molecular weight is 843 g/mol. The van der Waals surface area contributed by atoms with Gasteiger partial charge in [0.15, 0.2) is 0 Å². The molecule has 2 amide bonds. The minimum atomic E-state index is -4.58. The van der Waals surface area contributed by atoms with Gasteiger partial charge in [-0.25, -0.2) is 0 Å². The normalized spacial score (nSPS) is 15.1. The Morgan fingerprint density at radius 2 is 1.55 bits per heavy atom. The van der Waals surface area contributed by atoms with Crippen molar-refractivity contribution in [1.29, 1.82) is 0 Å². The number of anilines is 1. The van der Waals surface area contributed by atoms with Gasteiger partial charge in [0.1, 0.15) is 23.4 Å². The first kappa shape index (κ1) is 43.2. The molecule has 1 unspecified atom stereocenters. The second-order valence-electron chi connectivity index (χ2n) is 15.0. The Labute approximate surface area is 357 Å². The SMILES string of the molecule is C=CCC(OC(C)=O)[C@@H]1[C@@H](N(Cc2ccc(-c3cccc(C(F)(F)F)c3)o2)C(=O)c2ccc(C)cc2)c2cc(OCCCO)ccc2N1C(=O)c1ccc(-c2ccccc2)cc1. The molecule has 7 rings (SSSR count). The number of rotatable bonds is 15. The first-order valence-electron chi connectivity index (χ1n) is 20.1. The number of ether oxygens (including phenoxy) is 2. The maximum Gasteiger partial charge on any atom is 0.416 e. The molecule has 0 fully saturated rings. The zero-order chi connectivity index (χ0) is 44.0. The molecule has 5 aromatic carbocycles. The lowest BCUT2D eigenvalue weighted by molar-refractivity contribution is -0.148. The summed E-state index contributed by atoms with van der Waals surface area (Å²) in [5.41, 5.74) is 3.68. The van der Waals surface area contributed by atoms with Crippen LogP contribution in [0.25, 0.3) is 22.5 Å². The number of carbonyl (C=O) groups excluding carboxylic acids is 3. The van der Waals surface area contributed by atoms with Gasteiger partial charge in [-0.15, -0.1) is 6.58 Å². The first-order valence-corrected chi connectivity index (χ1v) is 20.1. The Morgan fingerprint density at radius 3 is 2.23 bits per heavy atom. The van der Waals surface area contributed by atoms with Crippen molar-refractivity contribution in [2.75, 3.05) is 18.1 Å². The maximum absolute atomic E-state index is 15.1. The molecule has 0 aliphatic carbocycles. The molecular formula is C50H45F3N2O7. The summed E-state index contributed by atoms with van der Waals surface area (Å²) in [6, 6.07) is 34.8. The number of carbonyl (C=O) groups is 3. The van der Waals surface area contributed by atoms with Crippen LogP contribution in [0, 0.1) is 6.92 Å². The van der Waals surface area contributed by atoms with Crippen molar-refractivity contribution in [1.82, 2.24) is 4.90 Å². The van der Waals surface area contributed by atoms with Crippen molar-refractivity contribution in [3.63, 3.8) is 0 Å². The second-order valence-corrected chi connectivity index (χ2v) is 15.0. The van der Waals surface area contributed by atoms with E-state index in [9.17, 15) is 23.1 Å². The molecule has 0 spiro atoms. The van der Waals surface area contributed by atoms with E-state index < -0.39 is 47.7 Å². The molecule has 12 heteroatoms. The van der Waals surface area contributed by atoms with Gasteiger partial charge < -0.3 is 23.9 Å². The van der Waals surface area contributed by atoms with E-state index in [1.54, 1.807) is 77.7 Å². The lowest BCUT2D eigenvalue weighted by atomic mass is 9.93. The highest BCUT2D eigenvalue weighted by Crippen LogP contribution is 2.49. The van der Waals surface area contributed by atoms with Gasteiger partial charge in [0.2, 0.25) is 0 Å². The standard InChI is InChI=1S/C50H45F3N2O7/c1-4-10-45(61-33(3)57)47-46(54(48(58)36-17-15-32(2)16-18-36)31-41-24-26-44(62-41)38-13-8-14-39(29-38)50(51,52)53)42-30-40(60-28-9-27-56)23-25-43(42)55(47)49(59)37-21-19-35(20-22-37)34-11-6-5-7-12-34/h4-8,11-26,29-30,45-47,56H,1,9-10,27-28,31H2,2-3H3/t45?,46-,47+/m0/s1. The zero-order valence-corrected chi connectivity index (χ0v) is 34.2. The van der Waals surface area contributed by atoms with E-state index in [2.05, 4.69) is 6.58 Å². The molecular weight excluding hydrogens is 798 g/mol. The minimum absolute atomic E-state index is 0.0956. The van der Waals surface area contributed by atoms with Crippen LogP contribution in [0.15, 0.2) is 151 Å². The van der Waals surface area contributed by atoms with E-state index in [0.29, 0.717) is 34.5 Å². The third-order valence-electron chi connectivity index (χ3n) is 10.7. The molecule has 6 aromatic rings. The molecule has 9 nitrogen and oxygen atoms in total. The molecule has 0 saturated heterocycles. The topological polar surface area (TPSA) is 110 Å². The fraction of sp³-hybridized carbons (Fsp3) is 0.220. The van der Waals surface area contributed by atoms with Gasteiger partial charge in [-0.2, -0.15) is 13.2 Å². The first-order chi connectivity index (χ1) is 29.9. The Bertz CT molecular complexity index is 2530. The summed E-state index contributed by atoms with van der Waals surface area (Å²) in [7, 11) is 0. The number of halogens is 3. The zero-order valence-electron chi connectivity index (χ0n) is 34.2. The average Bonchev–Trinajstić information content (AvgIpc) is 3.88. The fourth-order valence-electron chi connectivity index (χ4n) is 7.79. The van der Waals surface area contributed by atoms with Crippen molar-refractivity contribution in [3.05, 3.63) is 180 Å². The lowest BCUT2D eigenvalue weighted by Gasteiger charge is -2.39. The minimum Gasteiger partial charge on any atom is -0.493 e. The number of aliphatic hydroxyl groups is 1. The summed E-state index contributed by atoms with van der Waals surface area (Å²) in [6.07, 6.45) is -3.58. The molecule has 3 atom stereocenters. The van der Waals surface area contributed by atoms with Gasteiger partial charge in [0.25, 0.3) is 11.8 Å². The van der Waals surface area contributed by atoms with E-state index in [-0.39, 0.29) is 43.3 Å². The summed E-state index contributed by atoms with van der Waals surface area (Å²) in [4.78, 5) is 46.2. The molecule has 318 valence electrons. The molecule has 0 saturated carbocycles. The highest BCUT2D eigenvalue weighted by Gasteiger charge is 2.51. The third-order valence-corrected chi connectivity index (χ3v) is 10.7. The molecule has 0 radical (unpaired) electrons. The summed E-state index contributed by atoms with van der Waals surface area (Å²) in [5, 5.41) is 9.49. The van der Waals surface area contributed by atoms with E-state index in [1.807, 2.05) is 49.4 Å². The van der Waals surface area contributed by atoms with Crippen molar-refractivity contribution in [2.45, 2.75) is 57.6 Å². The Balaban J connectivity index is 1.40. The maximum atomic E-state index is 15.1. The summed E-state index contributed by atoms with van der Waals surface area (Å²) in [5.74, 6) is -0.716. The highest BCUT2D eigenvalue weighted by molar-refractivity contribution is 6.09. The highest BCUT2D eigenvalue weighted by atomic mass is 19.4. The van der Waals surface area contributed by atoms with E-state index in [0.717, 1.165) is 28.8 Å². The predicted octanol–water partition coefficient (Wildman–Crippen LogP) is 10.6. The number of aliphatic hydroxyl groups excluding tert-OH is 1. The van der Waals surface area contributed by atoms with Crippen molar-refractivity contribution < 1.29 is 46.6 Å². The second kappa shape index (κ2) is 18.8. The smallest absolute Gasteiger partial charge is 0.416 e. The lowest BCUT2D eigenvalue weighted by Crippen LogP contribution is -2.52. The van der Waals surface area contributed by atoms with Gasteiger partial charge in [-0.05, 0) is 84.8 Å². The molecule has 0 bridgehead atoms. The van der Waals surface area contributed by atoms with Gasteiger partial charge in [-0.3, -0.25) is 19.3 Å². The number of hydrogen-bond donors (Lipinski definition) is 1. The van der Waals surface area contributed by atoms with Crippen LogP contribution in [0.5, 0.6) is 5.75 Å². The molecule has 1 aliphatic rings. The van der Waals surface area contributed by atoms with Crippen LogP contribution in [0.4, 0.5) is 18.9 Å². The number of amides is 2. The van der Waals surface area contributed by atoms with Crippen LogP contribution in [-0.2, 0) is 22.3 Å².